The average molecular weight is 287 g/mol. The van der Waals surface area contributed by atoms with Gasteiger partial charge in [-0.15, -0.1) is 0 Å². The molecule has 0 fully saturated rings. The molecular formula is C18H29N3. The zero-order valence-corrected chi connectivity index (χ0v) is 13.6. The van der Waals surface area contributed by atoms with E-state index in [4.69, 9.17) is 10.5 Å². The number of allylic oxidation sites excluding steroid dienone is 3. The second-order valence-electron chi connectivity index (χ2n) is 5.30. The van der Waals surface area contributed by atoms with Gasteiger partial charge in [0.05, 0.1) is 0 Å². The van der Waals surface area contributed by atoms with Gasteiger partial charge in [0.1, 0.15) is 17.7 Å². The molecule has 0 amide bonds. The Morgan fingerprint density at radius 2 is 1.38 bits per heavy atom. The third kappa shape index (κ3) is 11.8. The van der Waals surface area contributed by atoms with Crippen LogP contribution in [0.25, 0.3) is 0 Å². The van der Waals surface area contributed by atoms with Crippen molar-refractivity contribution in [2.75, 3.05) is 13.1 Å². The van der Waals surface area contributed by atoms with Crippen molar-refractivity contribution in [2.45, 2.75) is 65.2 Å². The molecule has 0 aromatic rings. The molecule has 0 radical (unpaired) electrons. The van der Waals surface area contributed by atoms with Gasteiger partial charge in [-0.05, 0) is 31.2 Å². The zero-order chi connectivity index (χ0) is 15.8. The van der Waals surface area contributed by atoms with Crippen molar-refractivity contribution < 1.29 is 0 Å². The maximum absolute atomic E-state index is 8.70. The third-order valence-corrected chi connectivity index (χ3v) is 3.40. The first-order valence-corrected chi connectivity index (χ1v) is 8.21. The Morgan fingerprint density at radius 1 is 0.857 bits per heavy atom. The fraction of sp³-hybridized carbons (Fsp3) is 0.667. The van der Waals surface area contributed by atoms with Gasteiger partial charge in [0, 0.05) is 13.1 Å². The van der Waals surface area contributed by atoms with Crippen molar-refractivity contribution in [3.05, 3.63) is 23.9 Å². The van der Waals surface area contributed by atoms with Crippen molar-refractivity contribution >= 4 is 0 Å². The monoisotopic (exact) mass is 287 g/mol. The number of unbranched alkanes of at least 4 members (excludes halogenated alkanes) is 6. The van der Waals surface area contributed by atoms with Crippen LogP contribution in [0.15, 0.2) is 23.9 Å². The molecule has 116 valence electrons. The Morgan fingerprint density at radius 3 is 1.81 bits per heavy atom. The summed E-state index contributed by atoms with van der Waals surface area (Å²) in [4.78, 5) is 2.31. The van der Waals surface area contributed by atoms with Crippen LogP contribution in [0.5, 0.6) is 0 Å². The summed E-state index contributed by atoms with van der Waals surface area (Å²) in [5.41, 5.74) is 0.156. The lowest BCUT2D eigenvalue weighted by atomic mass is 10.2. The fourth-order valence-corrected chi connectivity index (χ4v) is 2.10. The van der Waals surface area contributed by atoms with Crippen molar-refractivity contribution in [2.24, 2.45) is 0 Å². The molecule has 0 saturated heterocycles. The second-order valence-corrected chi connectivity index (χ2v) is 5.30. The molecule has 0 saturated carbocycles. The maximum atomic E-state index is 8.70. The highest BCUT2D eigenvalue weighted by atomic mass is 15.1. The smallest absolute Gasteiger partial charge is 0.129 e. The van der Waals surface area contributed by atoms with E-state index in [1.165, 1.54) is 51.4 Å². The molecule has 0 aromatic heterocycles. The number of hydrogen-bond acceptors (Lipinski definition) is 3. The first kappa shape index (κ1) is 19.3. The molecule has 0 spiro atoms. The van der Waals surface area contributed by atoms with Crippen LogP contribution >= 0.6 is 0 Å². The molecule has 0 atom stereocenters. The fourth-order valence-electron chi connectivity index (χ4n) is 2.10. The molecule has 0 bridgehead atoms. The van der Waals surface area contributed by atoms with E-state index in [9.17, 15) is 0 Å². The van der Waals surface area contributed by atoms with Crippen LogP contribution in [0.4, 0.5) is 0 Å². The van der Waals surface area contributed by atoms with Gasteiger partial charge in [-0.25, -0.2) is 0 Å². The maximum Gasteiger partial charge on any atom is 0.129 e. The van der Waals surface area contributed by atoms with Crippen LogP contribution in [0.1, 0.15) is 65.2 Å². The van der Waals surface area contributed by atoms with E-state index in [2.05, 4.69) is 18.7 Å². The quantitative estimate of drug-likeness (QED) is 0.290. The Hall–Kier alpha value is -1.74. The Kier molecular flexibility index (Phi) is 13.4. The summed E-state index contributed by atoms with van der Waals surface area (Å²) in [6, 6.07) is 3.75. The first-order valence-electron chi connectivity index (χ1n) is 8.21. The van der Waals surface area contributed by atoms with Crippen LogP contribution in [0, 0.1) is 22.7 Å². The average Bonchev–Trinajstić information content (AvgIpc) is 2.51. The zero-order valence-electron chi connectivity index (χ0n) is 13.6. The summed E-state index contributed by atoms with van der Waals surface area (Å²) >= 11 is 0. The molecule has 3 nitrogen and oxygen atoms in total. The minimum absolute atomic E-state index is 0.156. The summed E-state index contributed by atoms with van der Waals surface area (Å²) in [5, 5.41) is 17.4. The third-order valence-electron chi connectivity index (χ3n) is 3.40. The summed E-state index contributed by atoms with van der Waals surface area (Å²) in [6.07, 6.45) is 15.5. The summed E-state index contributed by atoms with van der Waals surface area (Å²) in [6.45, 7) is 6.56. The van der Waals surface area contributed by atoms with Crippen LogP contribution in [0.2, 0.25) is 0 Å². The second kappa shape index (κ2) is 14.7. The molecule has 0 rings (SSSR count). The number of nitriles is 2. The van der Waals surface area contributed by atoms with Gasteiger partial charge < -0.3 is 4.90 Å². The highest BCUT2D eigenvalue weighted by molar-refractivity contribution is 5.37. The number of rotatable bonds is 12. The highest BCUT2D eigenvalue weighted by Gasteiger charge is 1.99. The SMILES string of the molecule is CCCCCCN(C=CC=C(C#N)C#N)CCCCCC. The van der Waals surface area contributed by atoms with Gasteiger partial charge in [0.2, 0.25) is 0 Å². The van der Waals surface area contributed by atoms with Gasteiger partial charge in [-0.1, -0.05) is 52.4 Å². The van der Waals surface area contributed by atoms with E-state index in [-0.39, 0.29) is 5.57 Å². The highest BCUT2D eigenvalue weighted by Crippen LogP contribution is 2.06. The largest absolute Gasteiger partial charge is 0.377 e. The van der Waals surface area contributed by atoms with E-state index in [1.807, 2.05) is 24.4 Å². The van der Waals surface area contributed by atoms with Gasteiger partial charge in [0.25, 0.3) is 0 Å². The molecule has 0 aliphatic carbocycles. The molecule has 0 aliphatic rings. The normalized spacial score (nSPS) is 10.1. The van der Waals surface area contributed by atoms with Gasteiger partial charge in [-0.3, -0.25) is 0 Å². The van der Waals surface area contributed by atoms with Gasteiger partial charge in [0.15, 0.2) is 0 Å². The van der Waals surface area contributed by atoms with Crippen LogP contribution < -0.4 is 0 Å². The molecule has 0 aliphatic heterocycles. The minimum Gasteiger partial charge on any atom is -0.377 e. The van der Waals surface area contributed by atoms with Crippen LogP contribution in [0.3, 0.4) is 0 Å². The lowest BCUT2D eigenvalue weighted by Crippen LogP contribution is -2.20. The van der Waals surface area contributed by atoms with Crippen LogP contribution in [-0.4, -0.2) is 18.0 Å². The Balaban J connectivity index is 4.29. The lowest BCUT2D eigenvalue weighted by Gasteiger charge is -2.20. The molecule has 3 heteroatoms. The first-order chi connectivity index (χ1) is 10.3. The number of nitrogens with zero attached hydrogens (tertiary/aromatic N) is 3. The van der Waals surface area contributed by atoms with E-state index < -0.39 is 0 Å². The lowest BCUT2D eigenvalue weighted by molar-refractivity contribution is 0.351. The Bertz CT molecular complexity index is 354. The predicted molar refractivity (Wildman–Crippen MR) is 88.3 cm³/mol. The van der Waals surface area contributed by atoms with E-state index in [0.29, 0.717) is 0 Å². The minimum atomic E-state index is 0.156. The van der Waals surface area contributed by atoms with Gasteiger partial charge >= 0.3 is 0 Å². The summed E-state index contributed by atoms with van der Waals surface area (Å²) in [7, 11) is 0. The van der Waals surface area contributed by atoms with Crippen molar-refractivity contribution in [3.8, 4) is 12.1 Å². The molecule has 21 heavy (non-hydrogen) atoms. The van der Waals surface area contributed by atoms with Crippen molar-refractivity contribution in [1.82, 2.24) is 4.90 Å². The Labute approximate surface area is 130 Å². The van der Waals surface area contributed by atoms with E-state index in [0.717, 1.165) is 13.1 Å². The molecular weight excluding hydrogens is 258 g/mol. The van der Waals surface area contributed by atoms with E-state index >= 15 is 0 Å². The van der Waals surface area contributed by atoms with Crippen LogP contribution in [-0.2, 0) is 0 Å². The summed E-state index contributed by atoms with van der Waals surface area (Å²) < 4.78 is 0. The predicted octanol–water partition coefficient (Wildman–Crippen LogP) is 4.94. The molecule has 0 N–H and O–H groups in total. The van der Waals surface area contributed by atoms with Crippen molar-refractivity contribution in [1.29, 1.82) is 10.5 Å². The van der Waals surface area contributed by atoms with E-state index in [1.54, 1.807) is 6.08 Å². The molecule has 0 unspecified atom stereocenters. The molecule has 0 heterocycles. The summed E-state index contributed by atoms with van der Waals surface area (Å²) in [5.74, 6) is 0. The standard InChI is InChI=1S/C18H29N3/c1-3-5-7-9-13-21(14-10-8-6-4-2)15-11-12-18(16-19)17-20/h11-12,15H,3-10,13-14H2,1-2H3. The number of hydrogen-bond donors (Lipinski definition) is 0. The molecule has 0 aromatic carbocycles. The van der Waals surface area contributed by atoms with Crippen molar-refractivity contribution in [3.63, 3.8) is 0 Å². The topological polar surface area (TPSA) is 50.8 Å². The van der Waals surface area contributed by atoms with Gasteiger partial charge in [-0.2, -0.15) is 10.5 Å².